The Hall–Kier alpha value is -2.09. The number of carbonyl (C=O) groups excluding carboxylic acids is 2. The fourth-order valence-corrected chi connectivity index (χ4v) is 1.93. The molecule has 0 aromatic heterocycles. The molecule has 24 heavy (non-hydrogen) atoms. The highest BCUT2D eigenvalue weighted by molar-refractivity contribution is 5.94. The van der Waals surface area contributed by atoms with Crippen LogP contribution in [-0.4, -0.2) is 44.3 Å². The van der Waals surface area contributed by atoms with Gasteiger partial charge in [0.1, 0.15) is 6.04 Å². The Bertz CT molecular complexity index is 547. The number of esters is 1. The number of hydrogen-bond donors (Lipinski definition) is 1. The van der Waals surface area contributed by atoms with E-state index in [1.165, 1.54) is 11.9 Å². The van der Waals surface area contributed by atoms with Crippen molar-refractivity contribution < 1.29 is 27.5 Å². The number of alkyl halides is 3. The van der Waals surface area contributed by atoms with Crippen molar-refractivity contribution in [3.63, 3.8) is 0 Å². The lowest BCUT2D eigenvalue weighted by Gasteiger charge is -2.22. The molecule has 0 saturated carbocycles. The lowest BCUT2D eigenvalue weighted by Crippen LogP contribution is -2.46. The Kier molecular flexibility index (Phi) is 7.21. The molecule has 1 unspecified atom stereocenters. The molecule has 5 nitrogen and oxygen atoms in total. The SMILES string of the molecule is CC(C)C(NCC(F)(F)F)C(=O)OCC(=O)N(C)c1ccccc1. The van der Waals surface area contributed by atoms with Crippen LogP contribution in [0.3, 0.4) is 0 Å². The number of benzene rings is 1. The summed E-state index contributed by atoms with van der Waals surface area (Å²) in [6, 6.07) is 7.58. The van der Waals surface area contributed by atoms with Gasteiger partial charge in [-0.15, -0.1) is 0 Å². The number of halogens is 3. The molecule has 0 heterocycles. The molecule has 0 fully saturated rings. The number of nitrogens with zero attached hydrogens (tertiary/aromatic N) is 1. The molecule has 1 atom stereocenters. The predicted molar refractivity (Wildman–Crippen MR) is 83.5 cm³/mol. The first-order valence-corrected chi connectivity index (χ1v) is 7.40. The minimum atomic E-state index is -4.43. The first-order valence-electron chi connectivity index (χ1n) is 7.40. The zero-order chi connectivity index (χ0) is 18.3. The number of carbonyl (C=O) groups is 2. The van der Waals surface area contributed by atoms with Crippen molar-refractivity contribution in [3.8, 4) is 0 Å². The Balaban J connectivity index is 2.57. The number of nitrogens with one attached hydrogen (secondary N) is 1. The van der Waals surface area contributed by atoms with Crippen LogP contribution >= 0.6 is 0 Å². The van der Waals surface area contributed by atoms with Gasteiger partial charge >= 0.3 is 12.1 Å². The van der Waals surface area contributed by atoms with E-state index in [4.69, 9.17) is 4.74 Å². The zero-order valence-corrected chi connectivity index (χ0v) is 13.8. The standard InChI is InChI=1S/C16H21F3N2O3/c1-11(2)14(20-10-16(17,18)19)15(23)24-9-13(22)21(3)12-7-5-4-6-8-12/h4-8,11,14,20H,9-10H2,1-3H3. The van der Waals surface area contributed by atoms with Crippen molar-refractivity contribution >= 4 is 17.6 Å². The Labute approximate surface area is 138 Å². The lowest BCUT2D eigenvalue weighted by atomic mass is 10.0. The number of amides is 1. The minimum Gasteiger partial charge on any atom is -0.454 e. The van der Waals surface area contributed by atoms with Gasteiger partial charge in [-0.3, -0.25) is 14.9 Å². The maximum absolute atomic E-state index is 12.3. The number of rotatable bonds is 7. The fourth-order valence-electron chi connectivity index (χ4n) is 1.93. The smallest absolute Gasteiger partial charge is 0.401 e. The summed E-state index contributed by atoms with van der Waals surface area (Å²) < 4.78 is 41.7. The summed E-state index contributed by atoms with van der Waals surface area (Å²) in [5.74, 6) is -1.78. The van der Waals surface area contributed by atoms with E-state index in [1.807, 2.05) is 0 Å². The summed E-state index contributed by atoms with van der Waals surface area (Å²) in [7, 11) is 1.52. The van der Waals surface area contributed by atoms with Gasteiger partial charge in [-0.2, -0.15) is 13.2 Å². The Morgan fingerprint density at radius 1 is 1.21 bits per heavy atom. The van der Waals surface area contributed by atoms with E-state index in [0.717, 1.165) is 0 Å². The van der Waals surface area contributed by atoms with Gasteiger partial charge in [0, 0.05) is 12.7 Å². The van der Waals surface area contributed by atoms with Crippen molar-refractivity contribution in [1.29, 1.82) is 0 Å². The number of hydrogen-bond acceptors (Lipinski definition) is 4. The topological polar surface area (TPSA) is 58.6 Å². The van der Waals surface area contributed by atoms with Crippen LogP contribution in [0.25, 0.3) is 0 Å². The molecule has 0 aliphatic carbocycles. The lowest BCUT2D eigenvalue weighted by molar-refractivity contribution is -0.153. The molecular weight excluding hydrogens is 325 g/mol. The third kappa shape index (κ3) is 6.57. The third-order valence-electron chi connectivity index (χ3n) is 3.30. The first kappa shape index (κ1) is 20.0. The molecular formula is C16H21F3N2O3. The predicted octanol–water partition coefficient (Wildman–Crippen LogP) is 2.37. The molecule has 1 N–H and O–H groups in total. The molecule has 1 aromatic rings. The van der Waals surface area contributed by atoms with Crippen molar-refractivity contribution in [1.82, 2.24) is 5.32 Å². The third-order valence-corrected chi connectivity index (χ3v) is 3.30. The van der Waals surface area contributed by atoms with Gasteiger partial charge in [-0.05, 0) is 18.1 Å². The molecule has 1 amide bonds. The number of likely N-dealkylation sites (N-methyl/N-ethyl adjacent to an activating group) is 1. The molecule has 0 aliphatic heterocycles. The van der Waals surface area contributed by atoms with E-state index in [0.29, 0.717) is 5.69 Å². The molecule has 0 aliphatic rings. The Morgan fingerprint density at radius 3 is 2.29 bits per heavy atom. The molecule has 1 rings (SSSR count). The van der Waals surface area contributed by atoms with Crippen LogP contribution in [0.2, 0.25) is 0 Å². The molecule has 0 bridgehead atoms. The normalized spacial score (nSPS) is 12.8. The van der Waals surface area contributed by atoms with Crippen LogP contribution in [0.4, 0.5) is 18.9 Å². The maximum Gasteiger partial charge on any atom is 0.401 e. The number of para-hydroxylation sites is 1. The molecule has 0 radical (unpaired) electrons. The Morgan fingerprint density at radius 2 is 1.79 bits per heavy atom. The van der Waals surface area contributed by atoms with Crippen LogP contribution in [0, 0.1) is 5.92 Å². The average Bonchev–Trinajstić information content (AvgIpc) is 2.51. The van der Waals surface area contributed by atoms with E-state index >= 15 is 0 Å². The van der Waals surface area contributed by atoms with Gasteiger partial charge in [-0.1, -0.05) is 32.0 Å². The van der Waals surface area contributed by atoms with E-state index < -0.39 is 43.2 Å². The average molecular weight is 346 g/mol. The molecule has 0 spiro atoms. The minimum absolute atomic E-state index is 0.415. The van der Waals surface area contributed by atoms with E-state index in [-0.39, 0.29) is 0 Å². The van der Waals surface area contributed by atoms with Crippen molar-refractivity contribution in [2.24, 2.45) is 5.92 Å². The fraction of sp³-hybridized carbons (Fsp3) is 0.500. The molecule has 1 aromatic carbocycles. The van der Waals surface area contributed by atoms with E-state index in [2.05, 4.69) is 5.32 Å². The number of anilines is 1. The summed E-state index contributed by atoms with van der Waals surface area (Å²) >= 11 is 0. The summed E-state index contributed by atoms with van der Waals surface area (Å²) in [5, 5.41) is 2.12. The van der Waals surface area contributed by atoms with E-state index in [1.54, 1.807) is 44.2 Å². The summed E-state index contributed by atoms with van der Waals surface area (Å²) in [6.45, 7) is 1.34. The number of ether oxygens (including phenoxy) is 1. The van der Waals surface area contributed by atoms with Gasteiger partial charge in [-0.25, -0.2) is 0 Å². The van der Waals surface area contributed by atoms with Gasteiger partial charge in [0.25, 0.3) is 5.91 Å². The monoisotopic (exact) mass is 346 g/mol. The summed E-state index contributed by atoms with van der Waals surface area (Å²) in [4.78, 5) is 25.3. The van der Waals surface area contributed by atoms with Crippen LogP contribution in [0.5, 0.6) is 0 Å². The van der Waals surface area contributed by atoms with Gasteiger partial charge < -0.3 is 9.64 Å². The summed E-state index contributed by atoms with van der Waals surface area (Å²) in [6.07, 6.45) is -4.43. The summed E-state index contributed by atoms with van der Waals surface area (Å²) in [5.41, 5.74) is 0.620. The molecule has 0 saturated heterocycles. The highest BCUT2D eigenvalue weighted by atomic mass is 19.4. The first-order chi connectivity index (χ1) is 11.1. The van der Waals surface area contributed by atoms with Gasteiger partial charge in [0.15, 0.2) is 6.61 Å². The highest BCUT2D eigenvalue weighted by Crippen LogP contribution is 2.15. The van der Waals surface area contributed by atoms with Crippen LogP contribution in [-0.2, 0) is 14.3 Å². The second-order valence-corrected chi connectivity index (χ2v) is 5.61. The highest BCUT2D eigenvalue weighted by Gasteiger charge is 2.32. The van der Waals surface area contributed by atoms with Crippen LogP contribution in [0.15, 0.2) is 30.3 Å². The second-order valence-electron chi connectivity index (χ2n) is 5.61. The zero-order valence-electron chi connectivity index (χ0n) is 13.8. The van der Waals surface area contributed by atoms with E-state index in [9.17, 15) is 22.8 Å². The van der Waals surface area contributed by atoms with Gasteiger partial charge in [0.2, 0.25) is 0 Å². The second kappa shape index (κ2) is 8.68. The van der Waals surface area contributed by atoms with Crippen molar-refractivity contribution in [2.75, 3.05) is 25.1 Å². The largest absolute Gasteiger partial charge is 0.454 e. The molecule has 134 valence electrons. The van der Waals surface area contributed by atoms with Crippen LogP contribution in [0.1, 0.15) is 13.8 Å². The molecule has 8 heteroatoms. The maximum atomic E-state index is 12.3. The van der Waals surface area contributed by atoms with Crippen molar-refractivity contribution in [2.45, 2.75) is 26.1 Å². The quantitative estimate of drug-likeness (QED) is 0.770. The van der Waals surface area contributed by atoms with Crippen molar-refractivity contribution in [3.05, 3.63) is 30.3 Å². The van der Waals surface area contributed by atoms with Crippen LogP contribution < -0.4 is 10.2 Å². The van der Waals surface area contributed by atoms with Gasteiger partial charge in [0.05, 0.1) is 6.54 Å².